The molecule has 0 aliphatic rings. The number of pyridine rings is 1. The van der Waals surface area contributed by atoms with Crippen molar-refractivity contribution < 1.29 is 0 Å². The first kappa shape index (κ1) is 12.5. The highest BCUT2D eigenvalue weighted by Crippen LogP contribution is 2.27. The van der Waals surface area contributed by atoms with E-state index >= 15 is 0 Å². The Kier molecular flexibility index (Phi) is 4.87. The smallest absolute Gasteiger partial charge is 0.142 e. The van der Waals surface area contributed by atoms with Crippen molar-refractivity contribution in [2.24, 2.45) is 0 Å². The second-order valence-corrected chi connectivity index (χ2v) is 5.49. The third-order valence-corrected chi connectivity index (χ3v) is 3.96. The van der Waals surface area contributed by atoms with Gasteiger partial charge in [0.1, 0.15) is 5.82 Å². The lowest BCUT2D eigenvalue weighted by molar-refractivity contribution is 0.755. The molecule has 0 fully saturated rings. The summed E-state index contributed by atoms with van der Waals surface area (Å²) in [6.07, 6.45) is 1.80. The van der Waals surface area contributed by atoms with Crippen molar-refractivity contribution in [1.29, 1.82) is 0 Å². The molecule has 0 saturated heterocycles. The van der Waals surface area contributed by atoms with Crippen LogP contribution in [-0.4, -0.2) is 23.4 Å². The van der Waals surface area contributed by atoms with Crippen LogP contribution in [0, 0.1) is 0 Å². The van der Waals surface area contributed by atoms with Gasteiger partial charge >= 0.3 is 0 Å². The van der Waals surface area contributed by atoms with E-state index in [-0.39, 0.29) is 0 Å². The summed E-state index contributed by atoms with van der Waals surface area (Å²) < 4.78 is 1.98. The zero-order chi connectivity index (χ0) is 10.7. The molecule has 1 aromatic rings. The summed E-state index contributed by atoms with van der Waals surface area (Å²) >= 11 is 10.3. The van der Waals surface area contributed by atoms with Gasteiger partial charge in [-0.25, -0.2) is 4.98 Å². The predicted molar refractivity (Wildman–Crippen MR) is 71.3 cm³/mol. The Morgan fingerprint density at radius 3 is 2.64 bits per heavy atom. The first-order valence-corrected chi connectivity index (χ1v) is 6.87. The summed E-state index contributed by atoms with van der Waals surface area (Å²) in [4.78, 5) is 6.49. The molecule has 1 heterocycles. The minimum absolute atomic E-state index is 0.417. The van der Waals surface area contributed by atoms with Crippen LogP contribution < -0.4 is 4.90 Å². The van der Waals surface area contributed by atoms with Crippen molar-refractivity contribution in [1.82, 2.24) is 4.98 Å². The van der Waals surface area contributed by atoms with Crippen LogP contribution in [0.15, 0.2) is 21.2 Å². The molecule has 2 nitrogen and oxygen atoms in total. The third-order valence-electron chi connectivity index (χ3n) is 2.01. The van der Waals surface area contributed by atoms with Crippen LogP contribution in [0.3, 0.4) is 0 Å². The van der Waals surface area contributed by atoms with E-state index in [9.17, 15) is 0 Å². The topological polar surface area (TPSA) is 16.1 Å². The molecule has 0 aliphatic heterocycles. The quantitative estimate of drug-likeness (QED) is 0.734. The molecule has 0 spiro atoms. The van der Waals surface area contributed by atoms with Crippen LogP contribution in [0.25, 0.3) is 0 Å². The number of hydrogen-bond acceptors (Lipinski definition) is 2. The van der Waals surface area contributed by atoms with Gasteiger partial charge in [-0.05, 0) is 44.8 Å². The summed E-state index contributed by atoms with van der Waals surface area (Å²) in [5.41, 5.74) is 0. The molecule has 78 valence electrons. The molecule has 0 bridgehead atoms. The molecule has 0 amide bonds. The fraction of sp³-hybridized carbons (Fsp3) is 0.444. The predicted octanol–water partition coefficient (Wildman–Crippen LogP) is 3.83. The Morgan fingerprint density at radius 1 is 1.50 bits per heavy atom. The molecule has 0 aliphatic carbocycles. The number of aromatic nitrogens is 1. The summed E-state index contributed by atoms with van der Waals surface area (Å²) in [5.74, 6) is 0.958. The van der Waals surface area contributed by atoms with E-state index in [0.717, 1.165) is 20.1 Å². The van der Waals surface area contributed by atoms with Gasteiger partial charge in [0.2, 0.25) is 0 Å². The molecule has 1 rings (SSSR count). The van der Waals surface area contributed by atoms with Crippen molar-refractivity contribution in [2.45, 2.75) is 13.0 Å². The highest BCUT2D eigenvalue weighted by molar-refractivity contribution is 9.11. The maximum Gasteiger partial charge on any atom is 0.142 e. The highest BCUT2D eigenvalue weighted by atomic mass is 79.9. The zero-order valence-electron chi connectivity index (χ0n) is 7.97. The monoisotopic (exact) mass is 384 g/mol. The molecule has 0 saturated carbocycles. The van der Waals surface area contributed by atoms with Gasteiger partial charge in [0.05, 0.1) is 4.47 Å². The van der Waals surface area contributed by atoms with Crippen molar-refractivity contribution in [3.63, 3.8) is 0 Å². The van der Waals surface area contributed by atoms with Crippen molar-refractivity contribution in [3.05, 3.63) is 21.2 Å². The van der Waals surface area contributed by atoms with Crippen LogP contribution in [0.1, 0.15) is 6.92 Å². The molecule has 5 heteroatoms. The summed E-state index contributed by atoms with van der Waals surface area (Å²) in [7, 11) is 2.03. The van der Waals surface area contributed by atoms with Crippen molar-refractivity contribution in [3.8, 4) is 0 Å². The summed E-state index contributed by atoms with van der Waals surface area (Å²) in [5, 5.41) is 0.924. The lowest BCUT2D eigenvalue weighted by Crippen LogP contribution is -2.30. The van der Waals surface area contributed by atoms with E-state index in [1.165, 1.54) is 0 Å². The molecule has 1 aromatic heterocycles. The number of rotatable bonds is 3. The molecular formula is C9H11Br3N2. The summed E-state index contributed by atoms with van der Waals surface area (Å²) in [6.45, 7) is 2.14. The Labute approximate surface area is 109 Å². The number of alkyl halides is 1. The van der Waals surface area contributed by atoms with Crippen LogP contribution in [-0.2, 0) is 0 Å². The molecule has 0 aromatic carbocycles. The third kappa shape index (κ3) is 2.94. The molecule has 1 atom stereocenters. The largest absolute Gasteiger partial charge is 0.355 e. The Bertz CT molecular complexity index is 317. The number of hydrogen-bond donors (Lipinski definition) is 0. The number of anilines is 1. The fourth-order valence-corrected chi connectivity index (χ4v) is 2.68. The van der Waals surface area contributed by atoms with Crippen LogP contribution >= 0.6 is 47.8 Å². The number of nitrogens with zero attached hydrogens (tertiary/aromatic N) is 2. The minimum Gasteiger partial charge on any atom is -0.355 e. The van der Waals surface area contributed by atoms with Crippen LogP contribution in [0.2, 0.25) is 0 Å². The zero-order valence-corrected chi connectivity index (χ0v) is 12.7. The molecule has 0 N–H and O–H groups in total. The standard InChI is InChI=1S/C9H11Br3N2/c1-6(4-10)14(2)9-8(12)3-7(11)5-13-9/h3,5-6H,4H2,1-2H3. The average molecular weight is 387 g/mol. The van der Waals surface area contributed by atoms with Crippen molar-refractivity contribution in [2.75, 3.05) is 17.3 Å². The van der Waals surface area contributed by atoms with E-state index < -0.39 is 0 Å². The SMILES string of the molecule is CC(CBr)N(C)c1ncc(Br)cc1Br. The number of halogens is 3. The van der Waals surface area contributed by atoms with E-state index in [0.29, 0.717) is 6.04 Å². The Balaban J connectivity index is 2.95. The van der Waals surface area contributed by atoms with E-state index in [4.69, 9.17) is 0 Å². The van der Waals surface area contributed by atoms with Gasteiger partial charge in [0.25, 0.3) is 0 Å². The first-order chi connectivity index (χ1) is 6.56. The van der Waals surface area contributed by atoms with Gasteiger partial charge in [-0.3, -0.25) is 0 Å². The van der Waals surface area contributed by atoms with Crippen LogP contribution in [0.4, 0.5) is 5.82 Å². The van der Waals surface area contributed by atoms with Gasteiger partial charge in [-0.1, -0.05) is 15.9 Å². The van der Waals surface area contributed by atoms with E-state index in [2.05, 4.69) is 64.6 Å². The van der Waals surface area contributed by atoms with Gasteiger partial charge in [-0.2, -0.15) is 0 Å². The lowest BCUT2D eigenvalue weighted by Gasteiger charge is -2.25. The van der Waals surface area contributed by atoms with Crippen LogP contribution in [0.5, 0.6) is 0 Å². The normalized spacial score (nSPS) is 12.6. The highest BCUT2D eigenvalue weighted by Gasteiger charge is 2.12. The lowest BCUT2D eigenvalue weighted by atomic mass is 10.3. The molecule has 1 unspecified atom stereocenters. The Hall–Kier alpha value is 0.390. The summed E-state index contributed by atoms with van der Waals surface area (Å²) in [6, 6.07) is 2.42. The van der Waals surface area contributed by atoms with Gasteiger partial charge in [-0.15, -0.1) is 0 Å². The second kappa shape index (κ2) is 5.47. The molecule has 0 radical (unpaired) electrons. The van der Waals surface area contributed by atoms with Gasteiger partial charge in [0.15, 0.2) is 0 Å². The minimum atomic E-state index is 0.417. The Morgan fingerprint density at radius 2 is 2.14 bits per heavy atom. The molecule has 14 heavy (non-hydrogen) atoms. The van der Waals surface area contributed by atoms with Gasteiger partial charge in [0, 0.05) is 29.1 Å². The average Bonchev–Trinajstić information content (AvgIpc) is 2.15. The second-order valence-electron chi connectivity index (χ2n) is 3.07. The van der Waals surface area contributed by atoms with Crippen molar-refractivity contribution >= 4 is 53.6 Å². The fourth-order valence-electron chi connectivity index (χ4n) is 0.979. The van der Waals surface area contributed by atoms with Gasteiger partial charge < -0.3 is 4.90 Å². The first-order valence-electron chi connectivity index (χ1n) is 4.16. The van der Waals surface area contributed by atoms with E-state index in [1.54, 1.807) is 6.20 Å². The van der Waals surface area contributed by atoms with E-state index in [1.807, 2.05) is 13.1 Å². The maximum absolute atomic E-state index is 4.36. The molecular weight excluding hydrogens is 376 g/mol. The maximum atomic E-state index is 4.36.